The van der Waals surface area contributed by atoms with Gasteiger partial charge < -0.3 is 10.1 Å². The van der Waals surface area contributed by atoms with E-state index in [4.69, 9.17) is 4.74 Å². The first-order valence-electron chi connectivity index (χ1n) is 6.07. The predicted octanol–water partition coefficient (Wildman–Crippen LogP) is 0.329. The molecule has 6 heteroatoms. The first kappa shape index (κ1) is 14.9. The van der Waals surface area contributed by atoms with E-state index >= 15 is 0 Å². The molecule has 0 aromatic rings. The second-order valence-corrected chi connectivity index (χ2v) is 7.01. The van der Waals surface area contributed by atoms with Crippen LogP contribution < -0.4 is 10.0 Å². The molecule has 1 aliphatic rings. The molecule has 5 nitrogen and oxygen atoms in total. The van der Waals surface area contributed by atoms with Gasteiger partial charge in [0.25, 0.3) is 0 Å². The lowest BCUT2D eigenvalue weighted by Crippen LogP contribution is -2.61. The van der Waals surface area contributed by atoms with E-state index in [9.17, 15) is 8.42 Å². The number of ether oxygens (including phenoxy) is 1. The van der Waals surface area contributed by atoms with E-state index in [2.05, 4.69) is 23.9 Å². The molecule has 0 spiro atoms. The molecule has 1 aliphatic carbocycles. The van der Waals surface area contributed by atoms with Crippen molar-refractivity contribution in [3.8, 4) is 0 Å². The number of rotatable bonds is 7. The molecule has 0 aromatic heterocycles. The molecule has 0 aliphatic heterocycles. The largest absolute Gasteiger partial charge is 0.378 e. The maximum atomic E-state index is 10.9. The summed E-state index contributed by atoms with van der Waals surface area (Å²) in [5.74, 6) is 0. The van der Waals surface area contributed by atoms with Crippen molar-refractivity contribution in [3.05, 3.63) is 0 Å². The van der Waals surface area contributed by atoms with E-state index in [1.165, 1.54) is 6.26 Å². The highest BCUT2D eigenvalue weighted by molar-refractivity contribution is 7.88. The number of nitrogens with one attached hydrogen (secondary N) is 2. The van der Waals surface area contributed by atoms with Crippen LogP contribution in [0.2, 0.25) is 0 Å². The van der Waals surface area contributed by atoms with E-state index in [0.29, 0.717) is 25.2 Å². The Balaban J connectivity index is 2.22. The van der Waals surface area contributed by atoms with Crippen LogP contribution in [0.4, 0.5) is 0 Å². The van der Waals surface area contributed by atoms with Crippen molar-refractivity contribution in [3.63, 3.8) is 0 Å². The van der Waals surface area contributed by atoms with Crippen molar-refractivity contribution in [2.24, 2.45) is 5.41 Å². The second kappa shape index (κ2) is 5.65. The number of sulfonamides is 1. The molecule has 1 fully saturated rings. The Labute approximate surface area is 104 Å². The fraction of sp³-hybridized carbons (Fsp3) is 1.00. The van der Waals surface area contributed by atoms with Crippen LogP contribution in [0.1, 0.15) is 27.2 Å². The highest BCUT2D eigenvalue weighted by Crippen LogP contribution is 2.42. The zero-order valence-electron chi connectivity index (χ0n) is 11.1. The average molecular weight is 264 g/mol. The zero-order chi connectivity index (χ0) is 13.1. The molecule has 1 saturated carbocycles. The van der Waals surface area contributed by atoms with Gasteiger partial charge in [-0.3, -0.25) is 0 Å². The minimum Gasteiger partial charge on any atom is -0.378 e. The summed E-state index contributed by atoms with van der Waals surface area (Å²) in [6, 6.07) is 0.403. The second-order valence-electron chi connectivity index (χ2n) is 5.17. The van der Waals surface area contributed by atoms with Gasteiger partial charge in [-0.05, 0) is 13.3 Å². The normalized spacial score (nSPS) is 27.8. The Morgan fingerprint density at radius 3 is 2.47 bits per heavy atom. The van der Waals surface area contributed by atoms with Gasteiger partial charge in [0.05, 0.1) is 12.4 Å². The molecule has 0 bridgehead atoms. The van der Waals surface area contributed by atoms with E-state index in [1.54, 1.807) is 0 Å². The zero-order valence-corrected chi connectivity index (χ0v) is 11.9. The van der Waals surface area contributed by atoms with Gasteiger partial charge in [0.15, 0.2) is 0 Å². The molecule has 17 heavy (non-hydrogen) atoms. The summed E-state index contributed by atoms with van der Waals surface area (Å²) < 4.78 is 29.8. The van der Waals surface area contributed by atoms with Crippen molar-refractivity contribution in [2.45, 2.75) is 39.3 Å². The van der Waals surface area contributed by atoms with E-state index in [0.717, 1.165) is 13.0 Å². The SMILES string of the molecule is CCOC1CC(NCCNS(C)(=O)=O)C1(C)C. The summed E-state index contributed by atoms with van der Waals surface area (Å²) in [6.45, 7) is 8.20. The van der Waals surface area contributed by atoms with Crippen LogP contribution in [-0.4, -0.2) is 46.5 Å². The van der Waals surface area contributed by atoms with Gasteiger partial charge in [-0.25, -0.2) is 13.1 Å². The summed E-state index contributed by atoms with van der Waals surface area (Å²) in [6.07, 6.45) is 2.48. The molecule has 0 radical (unpaired) electrons. The minimum absolute atomic E-state index is 0.126. The standard InChI is InChI=1S/C11H24N2O3S/c1-5-16-10-8-9(11(10,2)3)12-6-7-13-17(4,14)15/h9-10,12-13H,5-8H2,1-4H3. The van der Waals surface area contributed by atoms with Crippen molar-refractivity contribution >= 4 is 10.0 Å². The smallest absolute Gasteiger partial charge is 0.208 e. The van der Waals surface area contributed by atoms with Gasteiger partial charge in [0.2, 0.25) is 10.0 Å². The lowest BCUT2D eigenvalue weighted by molar-refractivity contribution is -0.113. The summed E-state index contributed by atoms with van der Waals surface area (Å²) >= 11 is 0. The highest BCUT2D eigenvalue weighted by atomic mass is 32.2. The Kier molecular flexibility index (Phi) is 4.95. The predicted molar refractivity (Wildman–Crippen MR) is 68.4 cm³/mol. The van der Waals surface area contributed by atoms with Crippen LogP contribution in [0.5, 0.6) is 0 Å². The van der Waals surface area contributed by atoms with Crippen molar-refractivity contribution in [1.82, 2.24) is 10.0 Å². The quantitative estimate of drug-likeness (QED) is 0.650. The Bertz CT molecular complexity index is 341. The van der Waals surface area contributed by atoms with E-state index < -0.39 is 10.0 Å². The van der Waals surface area contributed by atoms with Crippen molar-refractivity contribution in [1.29, 1.82) is 0 Å². The lowest BCUT2D eigenvalue weighted by Gasteiger charge is -2.52. The maximum Gasteiger partial charge on any atom is 0.208 e. The van der Waals surface area contributed by atoms with Crippen LogP contribution >= 0.6 is 0 Å². The lowest BCUT2D eigenvalue weighted by atomic mass is 9.64. The van der Waals surface area contributed by atoms with Gasteiger partial charge in [-0.1, -0.05) is 13.8 Å². The van der Waals surface area contributed by atoms with E-state index in [1.807, 2.05) is 6.92 Å². The first-order chi connectivity index (χ1) is 7.77. The summed E-state index contributed by atoms with van der Waals surface area (Å²) in [4.78, 5) is 0. The van der Waals surface area contributed by atoms with Crippen LogP contribution in [0, 0.1) is 5.41 Å². The Morgan fingerprint density at radius 2 is 2.00 bits per heavy atom. The first-order valence-corrected chi connectivity index (χ1v) is 7.96. The van der Waals surface area contributed by atoms with Crippen LogP contribution in [0.15, 0.2) is 0 Å². The average Bonchev–Trinajstić information content (AvgIpc) is 2.19. The molecular formula is C11H24N2O3S. The van der Waals surface area contributed by atoms with Crippen LogP contribution in [-0.2, 0) is 14.8 Å². The molecule has 2 atom stereocenters. The molecular weight excluding hydrogens is 240 g/mol. The molecule has 0 aromatic carbocycles. The van der Waals surface area contributed by atoms with Crippen LogP contribution in [0.3, 0.4) is 0 Å². The molecule has 2 unspecified atom stereocenters. The minimum atomic E-state index is -3.07. The fourth-order valence-corrected chi connectivity index (χ4v) is 2.67. The van der Waals surface area contributed by atoms with Crippen molar-refractivity contribution in [2.75, 3.05) is 26.0 Å². The fourth-order valence-electron chi connectivity index (χ4n) is 2.20. The van der Waals surface area contributed by atoms with Gasteiger partial charge in [-0.15, -0.1) is 0 Å². The third kappa shape index (κ3) is 4.21. The summed E-state index contributed by atoms with van der Waals surface area (Å²) in [7, 11) is -3.07. The topological polar surface area (TPSA) is 67.4 Å². The molecule has 102 valence electrons. The Morgan fingerprint density at radius 1 is 1.35 bits per heavy atom. The van der Waals surface area contributed by atoms with Gasteiger partial charge in [0.1, 0.15) is 0 Å². The van der Waals surface area contributed by atoms with Gasteiger partial charge >= 0.3 is 0 Å². The molecule has 2 N–H and O–H groups in total. The third-order valence-corrected chi connectivity index (χ3v) is 4.15. The summed E-state index contributed by atoms with van der Waals surface area (Å²) in [5.41, 5.74) is 0.126. The molecule has 0 amide bonds. The number of hydrogen-bond donors (Lipinski definition) is 2. The van der Waals surface area contributed by atoms with Gasteiger partial charge in [-0.2, -0.15) is 0 Å². The third-order valence-electron chi connectivity index (χ3n) is 3.43. The summed E-state index contributed by atoms with van der Waals surface area (Å²) in [5, 5.41) is 3.36. The monoisotopic (exact) mass is 264 g/mol. The maximum absolute atomic E-state index is 10.9. The molecule has 1 rings (SSSR count). The van der Waals surface area contributed by atoms with Gasteiger partial charge in [0, 0.05) is 31.2 Å². The Hall–Kier alpha value is -0.170. The molecule has 0 saturated heterocycles. The van der Waals surface area contributed by atoms with E-state index in [-0.39, 0.29) is 5.41 Å². The van der Waals surface area contributed by atoms with Crippen molar-refractivity contribution < 1.29 is 13.2 Å². The number of hydrogen-bond acceptors (Lipinski definition) is 4. The molecule has 0 heterocycles. The highest BCUT2D eigenvalue weighted by Gasteiger charge is 2.48. The van der Waals surface area contributed by atoms with Crippen LogP contribution in [0.25, 0.3) is 0 Å².